The van der Waals surface area contributed by atoms with E-state index < -0.39 is 0 Å². The van der Waals surface area contributed by atoms with Gasteiger partial charge in [-0.2, -0.15) is 0 Å². The quantitative estimate of drug-likeness (QED) is 0.177. The number of hydrogen-bond donors (Lipinski definition) is 0. The molecule has 0 saturated carbocycles. The van der Waals surface area contributed by atoms with Crippen molar-refractivity contribution < 1.29 is 0 Å². The normalized spacial score (nSPS) is 12.3. The molecule has 0 radical (unpaired) electrons. The Morgan fingerprint density at radius 3 is 1.94 bits per heavy atom. The molecule has 5 aromatic heterocycles. The van der Waals surface area contributed by atoms with Gasteiger partial charge < -0.3 is 0 Å². The first-order valence-electron chi connectivity index (χ1n) is 15.8. The highest BCUT2D eigenvalue weighted by Crippen LogP contribution is 2.51. The van der Waals surface area contributed by atoms with Crippen molar-refractivity contribution in [2.75, 3.05) is 0 Å². The maximum atomic E-state index is 5.49. The number of fused-ring (bicyclic) bond motifs is 14. The van der Waals surface area contributed by atoms with E-state index in [1.807, 2.05) is 28.7 Å². The molecule has 0 aliphatic heterocycles. The van der Waals surface area contributed by atoms with E-state index in [1.165, 1.54) is 62.2 Å². The van der Waals surface area contributed by atoms with Gasteiger partial charge in [0.2, 0.25) is 0 Å². The predicted molar refractivity (Wildman–Crippen MR) is 203 cm³/mol. The molecule has 0 aliphatic carbocycles. The van der Waals surface area contributed by atoms with E-state index in [4.69, 9.17) is 9.97 Å². The van der Waals surface area contributed by atoms with Crippen molar-refractivity contribution in [3.05, 3.63) is 140 Å². The van der Waals surface area contributed by atoms with Crippen molar-refractivity contribution in [1.29, 1.82) is 0 Å². The van der Waals surface area contributed by atoms with Crippen LogP contribution < -0.4 is 0 Å². The molecule has 0 saturated heterocycles. The summed E-state index contributed by atoms with van der Waals surface area (Å²) in [6, 6.07) is 50.0. The minimum Gasteiger partial charge on any atom is -0.291 e. The molecule has 0 atom stereocenters. The van der Waals surface area contributed by atoms with Crippen molar-refractivity contribution in [2.45, 2.75) is 0 Å². The van der Waals surface area contributed by atoms with Crippen molar-refractivity contribution in [2.24, 2.45) is 0 Å². The number of hydrogen-bond acceptors (Lipinski definition) is 4. The molecule has 0 spiro atoms. The van der Waals surface area contributed by atoms with E-state index in [0.29, 0.717) is 0 Å². The number of rotatable bonds is 2. The van der Waals surface area contributed by atoms with Gasteiger partial charge in [0.25, 0.3) is 0 Å². The topological polar surface area (TPSA) is 30.7 Å². The lowest BCUT2D eigenvalue weighted by Gasteiger charge is -2.11. The third kappa shape index (κ3) is 3.55. The predicted octanol–water partition coefficient (Wildman–Crippen LogP) is 12.3. The summed E-state index contributed by atoms with van der Waals surface area (Å²) >= 11 is 3.82. The van der Waals surface area contributed by atoms with Gasteiger partial charge in [0.1, 0.15) is 5.82 Å². The van der Waals surface area contributed by atoms with Crippen molar-refractivity contribution in [3.63, 3.8) is 0 Å². The minimum absolute atomic E-state index is 0.912. The third-order valence-corrected chi connectivity index (χ3v) is 12.1. The highest BCUT2D eigenvalue weighted by atomic mass is 32.1. The lowest BCUT2D eigenvalue weighted by molar-refractivity contribution is 1.11. The van der Waals surface area contributed by atoms with Crippen LogP contribution in [0.1, 0.15) is 0 Å². The minimum atomic E-state index is 0.912. The summed E-state index contributed by atoms with van der Waals surface area (Å²) in [6.45, 7) is 0. The highest BCUT2D eigenvalue weighted by molar-refractivity contribution is 7.37. The zero-order chi connectivity index (χ0) is 30.6. The fourth-order valence-electron chi connectivity index (χ4n) is 7.40. The number of pyridine rings is 2. The van der Waals surface area contributed by atoms with Crippen LogP contribution in [0.4, 0.5) is 0 Å². The van der Waals surface area contributed by atoms with Gasteiger partial charge in [-0.3, -0.25) is 4.57 Å². The van der Waals surface area contributed by atoms with Gasteiger partial charge in [-0.25, -0.2) is 9.97 Å². The van der Waals surface area contributed by atoms with Crippen LogP contribution in [0.5, 0.6) is 0 Å². The third-order valence-electron chi connectivity index (χ3n) is 9.57. The molecule has 11 rings (SSSR count). The Morgan fingerprint density at radius 2 is 1.09 bits per heavy atom. The fraction of sp³-hybridized carbons (Fsp3) is 0. The Morgan fingerprint density at radius 1 is 0.426 bits per heavy atom. The summed E-state index contributed by atoms with van der Waals surface area (Å²) in [5, 5.41) is 9.86. The van der Waals surface area contributed by atoms with Crippen LogP contribution in [-0.4, -0.2) is 14.5 Å². The maximum Gasteiger partial charge on any atom is 0.138 e. The molecule has 0 aliphatic rings. The molecule has 5 heterocycles. The van der Waals surface area contributed by atoms with Crippen LogP contribution in [0.15, 0.2) is 140 Å². The van der Waals surface area contributed by atoms with Gasteiger partial charge >= 0.3 is 0 Å². The maximum absolute atomic E-state index is 5.49. The number of benzene rings is 6. The first-order chi connectivity index (χ1) is 23.3. The number of nitrogens with zero attached hydrogens (tertiary/aromatic N) is 3. The number of aromatic nitrogens is 3. The Balaban J connectivity index is 1.28. The summed E-state index contributed by atoms with van der Waals surface area (Å²) < 4.78 is 7.75. The van der Waals surface area contributed by atoms with Crippen molar-refractivity contribution >= 4 is 107 Å². The largest absolute Gasteiger partial charge is 0.291 e. The smallest absolute Gasteiger partial charge is 0.138 e. The van der Waals surface area contributed by atoms with Crippen LogP contribution in [-0.2, 0) is 0 Å². The van der Waals surface area contributed by atoms with E-state index >= 15 is 0 Å². The van der Waals surface area contributed by atoms with E-state index in [-0.39, 0.29) is 0 Å². The highest BCUT2D eigenvalue weighted by Gasteiger charge is 2.24. The van der Waals surface area contributed by atoms with Crippen molar-refractivity contribution in [1.82, 2.24) is 14.5 Å². The van der Waals surface area contributed by atoms with E-state index in [9.17, 15) is 0 Å². The molecule has 3 nitrogen and oxygen atoms in total. The standard InChI is InChI=1S/C42H23N3S2/c1-2-10-26(11-3-1)32-21-17-27-14-15-28-19-23-34(44-37(28)36(27)43-32)45-38-30-13-7-5-9-25(30)16-20-31(38)40-39(45)42-41(47-40)35-29-12-6-4-8-24(29)18-22-33(35)46-42/h1-23H. The second kappa shape index (κ2) is 9.46. The van der Waals surface area contributed by atoms with Gasteiger partial charge in [0.15, 0.2) is 0 Å². The van der Waals surface area contributed by atoms with Gasteiger partial charge in [-0.1, -0.05) is 115 Å². The first-order valence-corrected chi connectivity index (χ1v) is 17.4. The van der Waals surface area contributed by atoms with Gasteiger partial charge in [0, 0.05) is 37.2 Å². The first kappa shape index (κ1) is 25.6. The summed E-state index contributed by atoms with van der Waals surface area (Å²) in [5.74, 6) is 0.912. The molecule has 11 aromatic rings. The lowest BCUT2D eigenvalue weighted by atomic mass is 10.1. The van der Waals surface area contributed by atoms with Crippen LogP contribution >= 0.6 is 22.7 Å². The second-order valence-corrected chi connectivity index (χ2v) is 14.2. The van der Waals surface area contributed by atoms with Gasteiger partial charge in [0.05, 0.1) is 41.9 Å². The molecule has 0 N–H and O–H groups in total. The molecular weight excluding hydrogens is 611 g/mol. The van der Waals surface area contributed by atoms with Gasteiger partial charge in [-0.15, -0.1) is 22.7 Å². The molecule has 218 valence electrons. The van der Waals surface area contributed by atoms with Crippen LogP contribution in [0, 0.1) is 0 Å². The van der Waals surface area contributed by atoms with E-state index in [0.717, 1.165) is 38.9 Å². The Hall–Kier alpha value is -5.62. The molecule has 0 bridgehead atoms. The van der Waals surface area contributed by atoms with E-state index in [2.05, 4.69) is 138 Å². The van der Waals surface area contributed by atoms with Crippen molar-refractivity contribution in [3.8, 4) is 17.1 Å². The Kier molecular flexibility index (Phi) is 5.14. The lowest BCUT2D eigenvalue weighted by Crippen LogP contribution is -1.99. The molecule has 0 amide bonds. The second-order valence-electron chi connectivity index (χ2n) is 12.2. The monoisotopic (exact) mass is 633 g/mol. The van der Waals surface area contributed by atoms with Crippen LogP contribution in [0.25, 0.3) is 101 Å². The molecular formula is C42H23N3S2. The average Bonchev–Trinajstić information content (AvgIpc) is 3.79. The summed E-state index contributed by atoms with van der Waals surface area (Å²) in [7, 11) is 0. The van der Waals surface area contributed by atoms with Gasteiger partial charge in [-0.05, 0) is 40.4 Å². The molecule has 6 aromatic carbocycles. The molecule has 47 heavy (non-hydrogen) atoms. The molecule has 0 unspecified atom stereocenters. The molecule has 5 heteroatoms. The summed E-state index contributed by atoms with van der Waals surface area (Å²) in [4.78, 5) is 10.7. The van der Waals surface area contributed by atoms with E-state index in [1.54, 1.807) is 0 Å². The van der Waals surface area contributed by atoms with Crippen LogP contribution in [0.2, 0.25) is 0 Å². The zero-order valence-electron chi connectivity index (χ0n) is 24.9. The number of thiophene rings is 2. The summed E-state index contributed by atoms with van der Waals surface area (Å²) in [6.07, 6.45) is 0. The SMILES string of the molecule is c1ccc(-c2ccc3ccc4ccc(-n5c6c7ccccc7ccc6c6sc7c(sc8ccc9ccccc9c87)c65)nc4c3n2)cc1. The molecule has 0 fully saturated rings. The average molecular weight is 634 g/mol. The fourth-order valence-corrected chi connectivity index (χ4v) is 10.2. The Bertz CT molecular complexity index is 3070. The zero-order valence-corrected chi connectivity index (χ0v) is 26.6. The Labute approximate surface area is 276 Å². The van der Waals surface area contributed by atoms with Crippen LogP contribution in [0.3, 0.4) is 0 Å². The summed E-state index contributed by atoms with van der Waals surface area (Å²) in [5.41, 5.74) is 6.35.